The first-order chi connectivity index (χ1) is 18.6. The number of hydrogen-bond acceptors (Lipinski definition) is 4. The summed E-state index contributed by atoms with van der Waals surface area (Å²) < 4.78 is 25.1. The van der Waals surface area contributed by atoms with Crippen LogP contribution >= 0.6 is 0 Å². The molecule has 4 nitrogen and oxygen atoms in total. The predicted octanol–water partition coefficient (Wildman–Crippen LogP) is 10.7. The van der Waals surface area contributed by atoms with Crippen LogP contribution in [-0.2, 0) is 0 Å². The van der Waals surface area contributed by atoms with Crippen molar-refractivity contribution in [2.75, 3.05) is 13.2 Å². The number of rotatable bonds is 14. The van der Waals surface area contributed by atoms with E-state index in [0.29, 0.717) is 11.8 Å². The second kappa shape index (κ2) is 12.1. The van der Waals surface area contributed by atoms with Gasteiger partial charge in [0.05, 0.1) is 13.2 Å². The fourth-order valence-corrected chi connectivity index (χ4v) is 5.43. The summed E-state index contributed by atoms with van der Waals surface area (Å²) in [6.45, 7) is 10.5. The van der Waals surface area contributed by atoms with Gasteiger partial charge in [0.15, 0.2) is 11.2 Å². The van der Waals surface area contributed by atoms with Crippen molar-refractivity contribution in [3.63, 3.8) is 0 Å². The molecule has 0 saturated heterocycles. The Balaban J connectivity index is 1.41. The summed E-state index contributed by atoms with van der Waals surface area (Å²) in [5.74, 6) is 2.98. The second-order valence-corrected chi connectivity index (χ2v) is 10.8. The molecule has 0 aliphatic carbocycles. The zero-order chi connectivity index (χ0) is 26.5. The molecule has 0 spiro atoms. The van der Waals surface area contributed by atoms with Crippen LogP contribution in [0.2, 0.25) is 0 Å². The Hall–Kier alpha value is -3.14. The molecule has 0 amide bonds. The maximum Gasteiger partial charge on any atom is 0.178 e. The van der Waals surface area contributed by atoms with Crippen molar-refractivity contribution < 1.29 is 18.3 Å². The SMILES string of the molecule is CCCCC(CC)COc1ccc2oc3c(ccc4c5cc(OCC(CC)CCCC)ccc5oc43)c2c1. The van der Waals surface area contributed by atoms with Crippen LogP contribution < -0.4 is 9.47 Å². The molecule has 3 aromatic carbocycles. The number of unbranched alkanes of at least 4 members (excludes halogenated alkanes) is 2. The van der Waals surface area contributed by atoms with E-state index in [2.05, 4.69) is 52.0 Å². The Labute approximate surface area is 226 Å². The largest absolute Gasteiger partial charge is 0.493 e. The quantitative estimate of drug-likeness (QED) is 0.148. The van der Waals surface area contributed by atoms with Crippen molar-refractivity contribution in [1.82, 2.24) is 0 Å². The van der Waals surface area contributed by atoms with Gasteiger partial charge in [-0.1, -0.05) is 66.2 Å². The van der Waals surface area contributed by atoms with Crippen LogP contribution in [0.1, 0.15) is 79.1 Å². The lowest BCUT2D eigenvalue weighted by atomic mass is 10.0. The molecular formula is C34H42O4. The first kappa shape index (κ1) is 26.5. The Kier molecular flexibility index (Phi) is 8.46. The van der Waals surface area contributed by atoms with Gasteiger partial charge in [-0.2, -0.15) is 0 Å². The molecule has 0 saturated carbocycles. The predicted molar refractivity (Wildman–Crippen MR) is 159 cm³/mol. The molecule has 2 atom stereocenters. The smallest absolute Gasteiger partial charge is 0.178 e. The molecule has 0 radical (unpaired) electrons. The Morgan fingerprint density at radius 3 is 1.42 bits per heavy atom. The van der Waals surface area contributed by atoms with Crippen molar-refractivity contribution in [1.29, 1.82) is 0 Å². The van der Waals surface area contributed by atoms with Gasteiger partial charge in [-0.25, -0.2) is 0 Å². The van der Waals surface area contributed by atoms with Gasteiger partial charge < -0.3 is 18.3 Å². The lowest BCUT2D eigenvalue weighted by Crippen LogP contribution is -2.11. The highest BCUT2D eigenvalue weighted by atomic mass is 16.5. The minimum absolute atomic E-state index is 0.597. The van der Waals surface area contributed by atoms with Crippen molar-refractivity contribution in [3.05, 3.63) is 48.5 Å². The van der Waals surface area contributed by atoms with Crippen LogP contribution in [-0.4, -0.2) is 13.2 Å². The molecular weight excluding hydrogens is 472 g/mol. The zero-order valence-corrected chi connectivity index (χ0v) is 23.5. The molecule has 4 heteroatoms. The van der Waals surface area contributed by atoms with E-state index < -0.39 is 0 Å². The molecule has 0 aliphatic heterocycles. The molecule has 5 rings (SSSR count). The number of furan rings is 2. The first-order valence-corrected chi connectivity index (χ1v) is 14.7. The Morgan fingerprint density at radius 1 is 0.579 bits per heavy atom. The third-order valence-electron chi connectivity index (χ3n) is 8.08. The number of ether oxygens (including phenoxy) is 2. The first-order valence-electron chi connectivity index (χ1n) is 14.7. The topological polar surface area (TPSA) is 44.7 Å². The van der Waals surface area contributed by atoms with E-state index >= 15 is 0 Å². The van der Waals surface area contributed by atoms with Crippen molar-refractivity contribution in [2.24, 2.45) is 11.8 Å². The molecule has 202 valence electrons. The fraction of sp³-hybridized carbons (Fsp3) is 0.471. The summed E-state index contributed by atoms with van der Waals surface area (Å²) in [5.41, 5.74) is 3.27. The van der Waals surface area contributed by atoms with Gasteiger partial charge in [0.1, 0.15) is 22.7 Å². The number of fused-ring (bicyclic) bond motifs is 7. The van der Waals surface area contributed by atoms with Gasteiger partial charge in [-0.05, 0) is 73.2 Å². The van der Waals surface area contributed by atoms with Crippen LogP contribution in [0.25, 0.3) is 43.9 Å². The monoisotopic (exact) mass is 514 g/mol. The Bertz CT molecular complexity index is 1380. The van der Waals surface area contributed by atoms with E-state index in [4.69, 9.17) is 18.3 Å². The van der Waals surface area contributed by atoms with Gasteiger partial charge in [-0.3, -0.25) is 0 Å². The summed E-state index contributed by atoms with van der Waals surface area (Å²) in [7, 11) is 0. The lowest BCUT2D eigenvalue weighted by molar-refractivity contribution is 0.233. The molecule has 2 unspecified atom stereocenters. The third kappa shape index (κ3) is 5.50. The standard InChI is InChI=1S/C34H42O4/c1-5-9-11-23(7-3)21-35-25-13-17-31-29(19-25)27-15-16-28-30-20-26(36-22-24(8-4)12-10-6-2)14-18-32(30)38-34(28)33(27)37-31/h13-20,23-24H,5-12,21-22H2,1-4H3. The van der Waals surface area contributed by atoms with Gasteiger partial charge in [0.2, 0.25) is 0 Å². The van der Waals surface area contributed by atoms with E-state index in [9.17, 15) is 0 Å². The highest BCUT2D eigenvalue weighted by Crippen LogP contribution is 2.40. The van der Waals surface area contributed by atoms with Crippen LogP contribution in [0.3, 0.4) is 0 Å². The summed E-state index contributed by atoms with van der Waals surface area (Å²) >= 11 is 0. The van der Waals surface area contributed by atoms with Gasteiger partial charge in [0.25, 0.3) is 0 Å². The maximum absolute atomic E-state index is 6.33. The molecule has 2 aromatic heterocycles. The van der Waals surface area contributed by atoms with E-state index in [-0.39, 0.29) is 0 Å². The van der Waals surface area contributed by atoms with Gasteiger partial charge in [0, 0.05) is 21.5 Å². The number of benzene rings is 3. The molecule has 0 aliphatic rings. The maximum atomic E-state index is 6.33. The van der Waals surface area contributed by atoms with E-state index in [1.807, 2.05) is 24.3 Å². The summed E-state index contributed by atoms with van der Waals surface area (Å²) in [6, 6.07) is 16.6. The van der Waals surface area contributed by atoms with Crippen molar-refractivity contribution in [3.8, 4) is 11.5 Å². The van der Waals surface area contributed by atoms with E-state index in [0.717, 1.165) is 81.4 Å². The zero-order valence-electron chi connectivity index (χ0n) is 23.5. The summed E-state index contributed by atoms with van der Waals surface area (Å²) in [4.78, 5) is 0. The summed E-state index contributed by atoms with van der Waals surface area (Å²) in [6.07, 6.45) is 9.70. The lowest BCUT2D eigenvalue weighted by Gasteiger charge is -2.15. The third-order valence-corrected chi connectivity index (χ3v) is 8.08. The molecule has 0 bridgehead atoms. The molecule has 0 N–H and O–H groups in total. The van der Waals surface area contributed by atoms with Gasteiger partial charge in [-0.15, -0.1) is 0 Å². The van der Waals surface area contributed by atoms with Crippen molar-refractivity contribution in [2.45, 2.75) is 79.1 Å². The minimum atomic E-state index is 0.597. The summed E-state index contributed by atoms with van der Waals surface area (Å²) in [5, 5.41) is 4.22. The van der Waals surface area contributed by atoms with Gasteiger partial charge >= 0.3 is 0 Å². The van der Waals surface area contributed by atoms with Crippen LogP contribution in [0.4, 0.5) is 0 Å². The average molecular weight is 515 g/mol. The number of hydrogen-bond donors (Lipinski definition) is 0. The molecule has 2 heterocycles. The molecule has 0 fully saturated rings. The van der Waals surface area contributed by atoms with Crippen LogP contribution in [0, 0.1) is 11.8 Å². The van der Waals surface area contributed by atoms with Crippen LogP contribution in [0.15, 0.2) is 57.4 Å². The fourth-order valence-electron chi connectivity index (χ4n) is 5.43. The van der Waals surface area contributed by atoms with E-state index in [1.165, 1.54) is 38.5 Å². The van der Waals surface area contributed by atoms with Crippen LogP contribution in [0.5, 0.6) is 11.5 Å². The Morgan fingerprint density at radius 2 is 1.03 bits per heavy atom. The van der Waals surface area contributed by atoms with E-state index in [1.54, 1.807) is 0 Å². The normalized spacial score (nSPS) is 13.6. The highest BCUT2D eigenvalue weighted by Gasteiger charge is 2.17. The van der Waals surface area contributed by atoms with Crippen molar-refractivity contribution >= 4 is 43.9 Å². The average Bonchev–Trinajstić information content (AvgIpc) is 3.51. The second-order valence-electron chi connectivity index (χ2n) is 10.8. The highest BCUT2D eigenvalue weighted by molar-refractivity contribution is 6.19. The molecule has 5 aromatic rings. The molecule has 38 heavy (non-hydrogen) atoms. The minimum Gasteiger partial charge on any atom is -0.493 e.